The number of fused-ring (bicyclic) bond motifs is 1. The zero-order valence-electron chi connectivity index (χ0n) is 16.7. The Labute approximate surface area is 170 Å². The van der Waals surface area contributed by atoms with Gasteiger partial charge in [0.2, 0.25) is 0 Å². The molecule has 3 aromatic rings. The molecular formula is C23H26N4O2. The first kappa shape index (κ1) is 19.3. The third kappa shape index (κ3) is 4.22. The van der Waals surface area contributed by atoms with Crippen molar-refractivity contribution in [3.8, 4) is 0 Å². The second-order valence-corrected chi connectivity index (χ2v) is 7.60. The molecule has 0 aliphatic carbocycles. The van der Waals surface area contributed by atoms with E-state index in [1.807, 2.05) is 37.3 Å². The van der Waals surface area contributed by atoms with Gasteiger partial charge in [-0.3, -0.25) is 14.5 Å². The molecule has 0 unspecified atom stereocenters. The number of hydrogen-bond donors (Lipinski definition) is 1. The molecular weight excluding hydrogens is 364 g/mol. The zero-order valence-corrected chi connectivity index (χ0v) is 16.7. The van der Waals surface area contributed by atoms with E-state index in [4.69, 9.17) is 0 Å². The summed E-state index contributed by atoms with van der Waals surface area (Å²) in [4.78, 5) is 28.0. The van der Waals surface area contributed by atoms with Gasteiger partial charge in [0.25, 0.3) is 11.5 Å². The van der Waals surface area contributed by atoms with Gasteiger partial charge in [-0.15, -0.1) is 0 Å². The van der Waals surface area contributed by atoms with E-state index < -0.39 is 0 Å². The SMILES string of the molecule is CCCn1nc(C(=O)N[C@@H]2CCN(Cc3ccccc3)C2)c2ccccc2c1=O. The molecule has 1 aromatic heterocycles. The van der Waals surface area contributed by atoms with Gasteiger partial charge in [-0.25, -0.2) is 4.68 Å². The summed E-state index contributed by atoms with van der Waals surface area (Å²) in [6.45, 7) is 5.13. The normalized spacial score (nSPS) is 16.9. The van der Waals surface area contributed by atoms with E-state index in [9.17, 15) is 9.59 Å². The summed E-state index contributed by atoms with van der Waals surface area (Å²) < 4.78 is 1.41. The number of aromatic nitrogens is 2. The number of hydrogen-bond acceptors (Lipinski definition) is 4. The number of rotatable bonds is 6. The molecule has 1 aliphatic heterocycles. The molecule has 1 fully saturated rings. The van der Waals surface area contributed by atoms with Gasteiger partial charge in [-0.2, -0.15) is 5.10 Å². The average Bonchev–Trinajstić information content (AvgIpc) is 3.17. The van der Waals surface area contributed by atoms with Crippen LogP contribution in [0.1, 0.15) is 35.8 Å². The second kappa shape index (κ2) is 8.57. The summed E-state index contributed by atoms with van der Waals surface area (Å²) in [5, 5.41) is 8.68. The van der Waals surface area contributed by atoms with E-state index in [1.54, 1.807) is 12.1 Å². The summed E-state index contributed by atoms with van der Waals surface area (Å²) in [5.74, 6) is -0.211. The lowest BCUT2D eigenvalue weighted by molar-refractivity contribution is 0.0932. The first-order valence-electron chi connectivity index (χ1n) is 10.2. The third-order valence-electron chi connectivity index (χ3n) is 5.37. The molecule has 0 spiro atoms. The van der Waals surface area contributed by atoms with Crippen LogP contribution in [-0.4, -0.2) is 39.7 Å². The molecule has 2 heterocycles. The molecule has 2 aromatic carbocycles. The van der Waals surface area contributed by atoms with Gasteiger partial charge in [-0.05, 0) is 24.5 Å². The maximum absolute atomic E-state index is 13.0. The molecule has 4 rings (SSSR count). The Morgan fingerprint density at radius 1 is 1.10 bits per heavy atom. The van der Waals surface area contributed by atoms with Crippen LogP contribution in [-0.2, 0) is 13.1 Å². The molecule has 0 radical (unpaired) electrons. The third-order valence-corrected chi connectivity index (χ3v) is 5.37. The summed E-state index contributed by atoms with van der Waals surface area (Å²) in [6, 6.07) is 17.7. The van der Waals surface area contributed by atoms with E-state index in [2.05, 4.69) is 27.4 Å². The largest absolute Gasteiger partial charge is 0.347 e. The van der Waals surface area contributed by atoms with Gasteiger partial charge in [0.15, 0.2) is 5.69 Å². The van der Waals surface area contributed by atoms with E-state index >= 15 is 0 Å². The van der Waals surface area contributed by atoms with E-state index in [-0.39, 0.29) is 17.5 Å². The van der Waals surface area contributed by atoms with Crippen molar-refractivity contribution in [3.63, 3.8) is 0 Å². The Morgan fingerprint density at radius 3 is 2.59 bits per heavy atom. The molecule has 0 bridgehead atoms. The van der Waals surface area contributed by atoms with Crippen LogP contribution in [0.2, 0.25) is 0 Å². The molecule has 150 valence electrons. The predicted octanol–water partition coefficient (Wildman–Crippen LogP) is 2.81. The first-order valence-corrected chi connectivity index (χ1v) is 10.2. The smallest absolute Gasteiger partial charge is 0.274 e. The van der Waals surface area contributed by atoms with Gasteiger partial charge in [-0.1, -0.05) is 55.5 Å². The Kier molecular flexibility index (Phi) is 5.71. The number of benzene rings is 2. The monoisotopic (exact) mass is 390 g/mol. The fraction of sp³-hybridized carbons (Fsp3) is 0.348. The summed E-state index contributed by atoms with van der Waals surface area (Å²) in [7, 11) is 0. The van der Waals surface area contributed by atoms with Crippen molar-refractivity contribution >= 4 is 16.7 Å². The van der Waals surface area contributed by atoms with Crippen LogP contribution in [0.4, 0.5) is 0 Å². The molecule has 6 heteroatoms. The molecule has 1 saturated heterocycles. The average molecular weight is 390 g/mol. The number of likely N-dealkylation sites (tertiary alicyclic amines) is 1. The Hall–Kier alpha value is -2.99. The highest BCUT2D eigenvalue weighted by Gasteiger charge is 2.26. The lowest BCUT2D eigenvalue weighted by Crippen LogP contribution is -2.38. The van der Waals surface area contributed by atoms with Crippen molar-refractivity contribution in [1.82, 2.24) is 20.0 Å². The van der Waals surface area contributed by atoms with Crippen LogP contribution in [0.15, 0.2) is 59.4 Å². The highest BCUT2D eigenvalue weighted by molar-refractivity contribution is 6.04. The Bertz CT molecular complexity index is 1060. The predicted molar refractivity (Wildman–Crippen MR) is 114 cm³/mol. The van der Waals surface area contributed by atoms with Crippen molar-refractivity contribution in [2.45, 2.75) is 38.9 Å². The van der Waals surface area contributed by atoms with E-state index in [0.717, 1.165) is 32.5 Å². The van der Waals surface area contributed by atoms with Gasteiger partial charge in [0.1, 0.15) is 0 Å². The molecule has 1 N–H and O–H groups in total. The lowest BCUT2D eigenvalue weighted by atomic mass is 10.1. The summed E-state index contributed by atoms with van der Waals surface area (Å²) in [5.41, 5.74) is 1.46. The Morgan fingerprint density at radius 2 is 1.83 bits per heavy atom. The van der Waals surface area contributed by atoms with Crippen molar-refractivity contribution < 1.29 is 4.79 Å². The van der Waals surface area contributed by atoms with Gasteiger partial charge < -0.3 is 5.32 Å². The van der Waals surface area contributed by atoms with E-state index in [1.165, 1.54) is 10.2 Å². The summed E-state index contributed by atoms with van der Waals surface area (Å²) >= 11 is 0. The minimum absolute atomic E-state index is 0.0818. The van der Waals surface area contributed by atoms with Crippen LogP contribution in [0, 0.1) is 0 Å². The van der Waals surface area contributed by atoms with E-state index in [0.29, 0.717) is 23.0 Å². The maximum Gasteiger partial charge on any atom is 0.274 e. The number of carbonyl (C=O) groups excluding carboxylic acids is 1. The number of amides is 1. The van der Waals surface area contributed by atoms with Gasteiger partial charge >= 0.3 is 0 Å². The van der Waals surface area contributed by atoms with Gasteiger partial charge in [0.05, 0.1) is 5.39 Å². The molecule has 29 heavy (non-hydrogen) atoms. The van der Waals surface area contributed by atoms with Crippen molar-refractivity contribution in [1.29, 1.82) is 0 Å². The standard InChI is InChI=1S/C23H26N4O2/c1-2-13-27-23(29)20-11-7-6-10-19(20)21(25-27)22(28)24-18-12-14-26(16-18)15-17-8-4-3-5-9-17/h3-11,18H,2,12-16H2,1H3,(H,24,28)/t18-/m1/s1. The fourth-order valence-electron chi connectivity index (χ4n) is 3.96. The zero-order chi connectivity index (χ0) is 20.2. The molecule has 1 atom stereocenters. The van der Waals surface area contributed by atoms with Crippen molar-refractivity contribution in [2.75, 3.05) is 13.1 Å². The summed E-state index contributed by atoms with van der Waals surface area (Å²) in [6.07, 6.45) is 1.69. The highest BCUT2D eigenvalue weighted by Crippen LogP contribution is 2.16. The molecule has 0 saturated carbocycles. The number of nitrogens with zero attached hydrogens (tertiary/aromatic N) is 3. The van der Waals surface area contributed by atoms with Crippen LogP contribution >= 0.6 is 0 Å². The van der Waals surface area contributed by atoms with Crippen LogP contribution in [0.25, 0.3) is 10.8 Å². The number of nitrogens with one attached hydrogen (secondary N) is 1. The quantitative estimate of drug-likeness (QED) is 0.703. The molecule has 1 aliphatic rings. The molecule has 1 amide bonds. The topological polar surface area (TPSA) is 67.2 Å². The Balaban J connectivity index is 1.51. The highest BCUT2D eigenvalue weighted by atomic mass is 16.2. The minimum Gasteiger partial charge on any atom is -0.347 e. The number of aryl methyl sites for hydroxylation is 1. The van der Waals surface area contributed by atoms with Crippen LogP contribution in [0.5, 0.6) is 0 Å². The maximum atomic E-state index is 13.0. The van der Waals surface area contributed by atoms with Crippen LogP contribution in [0.3, 0.4) is 0 Å². The minimum atomic E-state index is -0.211. The van der Waals surface area contributed by atoms with Gasteiger partial charge in [0, 0.05) is 37.6 Å². The second-order valence-electron chi connectivity index (χ2n) is 7.60. The first-order chi connectivity index (χ1) is 14.2. The van der Waals surface area contributed by atoms with Crippen molar-refractivity contribution in [3.05, 3.63) is 76.2 Å². The lowest BCUT2D eigenvalue weighted by Gasteiger charge is -2.17. The van der Waals surface area contributed by atoms with Crippen LogP contribution < -0.4 is 10.9 Å². The van der Waals surface area contributed by atoms with Crippen molar-refractivity contribution in [2.24, 2.45) is 0 Å². The molecule has 6 nitrogen and oxygen atoms in total. The number of carbonyl (C=O) groups is 1. The fourth-order valence-corrected chi connectivity index (χ4v) is 3.96.